The maximum atomic E-state index is 5.84. The van der Waals surface area contributed by atoms with E-state index in [2.05, 4.69) is 16.9 Å². The monoisotopic (exact) mass is 191 g/mol. The zero-order valence-corrected chi connectivity index (χ0v) is 9.04. The summed E-state index contributed by atoms with van der Waals surface area (Å²) < 4.78 is 0. The van der Waals surface area contributed by atoms with Gasteiger partial charge in [-0.15, -0.1) is 0 Å². The molecule has 0 aromatic carbocycles. The highest BCUT2D eigenvalue weighted by atomic mass is 14.8. The van der Waals surface area contributed by atoms with Crippen molar-refractivity contribution in [1.29, 1.82) is 0 Å². The lowest BCUT2D eigenvalue weighted by molar-refractivity contribution is 0.930. The van der Waals surface area contributed by atoms with Gasteiger partial charge in [0.1, 0.15) is 5.84 Å². The lowest BCUT2D eigenvalue weighted by Crippen LogP contribution is -2.14. The molecule has 0 saturated carbocycles. The van der Waals surface area contributed by atoms with Gasteiger partial charge in [-0.25, -0.2) is 0 Å². The molecule has 0 spiro atoms. The van der Waals surface area contributed by atoms with Crippen LogP contribution < -0.4 is 5.73 Å². The van der Waals surface area contributed by atoms with Crippen molar-refractivity contribution in [2.45, 2.75) is 27.2 Å². The predicted octanol–water partition coefficient (Wildman–Crippen LogP) is 1.81. The van der Waals surface area contributed by atoms with Crippen molar-refractivity contribution in [3.8, 4) is 0 Å². The molecule has 0 aliphatic heterocycles. The minimum absolute atomic E-state index is 0.612. The summed E-state index contributed by atoms with van der Waals surface area (Å²) >= 11 is 0. The van der Waals surface area contributed by atoms with Crippen molar-refractivity contribution in [1.82, 2.24) is 4.98 Å². The first-order valence-electron chi connectivity index (χ1n) is 4.89. The fourth-order valence-corrected chi connectivity index (χ4v) is 1.31. The molecule has 0 amide bonds. The van der Waals surface area contributed by atoms with Gasteiger partial charge in [-0.1, -0.05) is 6.92 Å². The van der Waals surface area contributed by atoms with E-state index >= 15 is 0 Å². The standard InChI is InChI=1S/C11H17N3/c1-4-5-13-11(12)10-6-8(2)14-9(3)7-10/h6-7H,4-5H2,1-3H3,(H2,12,13). The molecule has 1 aromatic rings. The van der Waals surface area contributed by atoms with E-state index < -0.39 is 0 Å². The molecular weight excluding hydrogens is 174 g/mol. The fraction of sp³-hybridized carbons (Fsp3) is 0.455. The summed E-state index contributed by atoms with van der Waals surface area (Å²) in [6.45, 7) is 6.79. The van der Waals surface area contributed by atoms with Crippen LogP contribution in [0, 0.1) is 13.8 Å². The molecule has 0 saturated heterocycles. The van der Waals surface area contributed by atoms with E-state index in [1.807, 2.05) is 26.0 Å². The first-order chi connectivity index (χ1) is 6.63. The molecule has 0 atom stereocenters. The van der Waals surface area contributed by atoms with Gasteiger partial charge in [0.2, 0.25) is 0 Å². The molecule has 0 fully saturated rings. The molecule has 1 rings (SSSR count). The van der Waals surface area contributed by atoms with Crippen LogP contribution in [0.4, 0.5) is 0 Å². The van der Waals surface area contributed by atoms with Gasteiger partial charge in [0.15, 0.2) is 0 Å². The van der Waals surface area contributed by atoms with Gasteiger partial charge in [0, 0.05) is 23.5 Å². The van der Waals surface area contributed by atoms with Crippen molar-refractivity contribution in [3.63, 3.8) is 0 Å². The van der Waals surface area contributed by atoms with Crippen molar-refractivity contribution >= 4 is 5.84 Å². The second-order valence-electron chi connectivity index (χ2n) is 3.41. The molecule has 0 radical (unpaired) electrons. The Morgan fingerprint density at radius 1 is 1.36 bits per heavy atom. The van der Waals surface area contributed by atoms with Gasteiger partial charge in [-0.3, -0.25) is 9.98 Å². The minimum Gasteiger partial charge on any atom is -0.384 e. The van der Waals surface area contributed by atoms with E-state index in [9.17, 15) is 0 Å². The number of aromatic nitrogens is 1. The molecule has 14 heavy (non-hydrogen) atoms. The summed E-state index contributed by atoms with van der Waals surface area (Å²) in [5.74, 6) is 0.612. The van der Waals surface area contributed by atoms with Gasteiger partial charge in [-0.05, 0) is 32.4 Å². The molecule has 3 nitrogen and oxygen atoms in total. The quantitative estimate of drug-likeness (QED) is 0.585. The second-order valence-corrected chi connectivity index (χ2v) is 3.41. The molecule has 0 unspecified atom stereocenters. The van der Waals surface area contributed by atoms with Crippen LogP contribution in [0.15, 0.2) is 17.1 Å². The Hall–Kier alpha value is -1.38. The molecule has 0 aliphatic carbocycles. The molecule has 1 heterocycles. The number of aryl methyl sites for hydroxylation is 2. The molecule has 1 aromatic heterocycles. The maximum Gasteiger partial charge on any atom is 0.125 e. The Morgan fingerprint density at radius 2 is 1.93 bits per heavy atom. The number of hydrogen-bond acceptors (Lipinski definition) is 2. The third-order valence-electron chi connectivity index (χ3n) is 1.88. The van der Waals surface area contributed by atoms with Gasteiger partial charge in [0.05, 0.1) is 0 Å². The Kier molecular flexibility index (Phi) is 3.63. The number of nitrogens with two attached hydrogens (primary N) is 1. The average molecular weight is 191 g/mol. The molecule has 0 bridgehead atoms. The van der Waals surface area contributed by atoms with Crippen LogP contribution >= 0.6 is 0 Å². The largest absolute Gasteiger partial charge is 0.384 e. The molecular formula is C11H17N3. The summed E-state index contributed by atoms with van der Waals surface area (Å²) in [6.07, 6.45) is 1.02. The van der Waals surface area contributed by atoms with E-state index in [0.29, 0.717) is 5.84 Å². The Balaban J connectivity index is 2.95. The van der Waals surface area contributed by atoms with Crippen LogP contribution in [0.1, 0.15) is 30.3 Å². The SMILES string of the molecule is CCCN=C(N)c1cc(C)nc(C)c1. The highest BCUT2D eigenvalue weighted by Gasteiger charge is 2.00. The Labute approximate surface area is 85.1 Å². The maximum absolute atomic E-state index is 5.84. The van der Waals surface area contributed by atoms with Crippen molar-refractivity contribution in [3.05, 3.63) is 29.1 Å². The van der Waals surface area contributed by atoms with Crippen LogP contribution in [-0.2, 0) is 0 Å². The third kappa shape index (κ3) is 2.83. The zero-order chi connectivity index (χ0) is 10.6. The number of hydrogen-bond donors (Lipinski definition) is 1. The molecule has 3 heteroatoms. The van der Waals surface area contributed by atoms with Crippen molar-refractivity contribution in [2.75, 3.05) is 6.54 Å². The summed E-state index contributed by atoms with van der Waals surface area (Å²) in [7, 11) is 0. The summed E-state index contributed by atoms with van der Waals surface area (Å²) in [5, 5.41) is 0. The van der Waals surface area contributed by atoms with E-state index in [1.165, 1.54) is 0 Å². The third-order valence-corrected chi connectivity index (χ3v) is 1.88. The van der Waals surface area contributed by atoms with E-state index in [1.54, 1.807) is 0 Å². The molecule has 2 N–H and O–H groups in total. The topological polar surface area (TPSA) is 51.3 Å². The minimum atomic E-state index is 0.612. The van der Waals surface area contributed by atoms with Crippen LogP contribution in [0.3, 0.4) is 0 Å². The molecule has 0 aliphatic rings. The van der Waals surface area contributed by atoms with E-state index in [0.717, 1.165) is 29.9 Å². The molecule has 76 valence electrons. The Morgan fingerprint density at radius 3 is 2.43 bits per heavy atom. The van der Waals surface area contributed by atoms with E-state index in [4.69, 9.17) is 5.73 Å². The fourth-order valence-electron chi connectivity index (χ4n) is 1.31. The summed E-state index contributed by atoms with van der Waals surface area (Å²) in [6, 6.07) is 3.92. The van der Waals surface area contributed by atoms with Crippen LogP contribution in [0.5, 0.6) is 0 Å². The second kappa shape index (κ2) is 4.74. The zero-order valence-electron chi connectivity index (χ0n) is 9.04. The first-order valence-corrected chi connectivity index (χ1v) is 4.89. The smallest absolute Gasteiger partial charge is 0.125 e. The van der Waals surface area contributed by atoms with Gasteiger partial charge < -0.3 is 5.73 Å². The van der Waals surface area contributed by atoms with Crippen molar-refractivity contribution < 1.29 is 0 Å². The number of pyridine rings is 1. The average Bonchev–Trinajstić information content (AvgIpc) is 2.12. The number of aliphatic imine (C=N–C) groups is 1. The summed E-state index contributed by atoms with van der Waals surface area (Å²) in [4.78, 5) is 8.55. The number of nitrogens with zero attached hydrogens (tertiary/aromatic N) is 2. The lowest BCUT2D eigenvalue weighted by Gasteiger charge is -2.03. The van der Waals surface area contributed by atoms with Crippen molar-refractivity contribution in [2.24, 2.45) is 10.7 Å². The van der Waals surface area contributed by atoms with Gasteiger partial charge >= 0.3 is 0 Å². The highest BCUT2D eigenvalue weighted by Crippen LogP contribution is 2.04. The number of amidine groups is 1. The number of rotatable bonds is 3. The Bertz CT molecular complexity index is 322. The lowest BCUT2D eigenvalue weighted by atomic mass is 10.2. The van der Waals surface area contributed by atoms with E-state index in [-0.39, 0.29) is 0 Å². The van der Waals surface area contributed by atoms with Crippen LogP contribution in [0.25, 0.3) is 0 Å². The predicted molar refractivity (Wildman–Crippen MR) is 59.6 cm³/mol. The normalized spacial score (nSPS) is 11.8. The summed E-state index contributed by atoms with van der Waals surface area (Å²) in [5.41, 5.74) is 8.78. The van der Waals surface area contributed by atoms with Gasteiger partial charge in [0.25, 0.3) is 0 Å². The first kappa shape index (κ1) is 10.7. The van der Waals surface area contributed by atoms with Gasteiger partial charge in [-0.2, -0.15) is 0 Å². The van der Waals surface area contributed by atoms with Crippen LogP contribution in [0.2, 0.25) is 0 Å². The highest BCUT2D eigenvalue weighted by molar-refractivity contribution is 5.97. The van der Waals surface area contributed by atoms with Crippen LogP contribution in [-0.4, -0.2) is 17.4 Å².